The summed E-state index contributed by atoms with van der Waals surface area (Å²) in [5.41, 5.74) is 0.266. The molecule has 130 valence electrons. The maximum absolute atomic E-state index is 12.1. The summed E-state index contributed by atoms with van der Waals surface area (Å²) in [6.07, 6.45) is 7.82. The summed E-state index contributed by atoms with van der Waals surface area (Å²) < 4.78 is 2.64. The number of nitrogens with zero attached hydrogens (tertiary/aromatic N) is 4. The second-order valence-electron chi connectivity index (χ2n) is 6.33. The Balaban J connectivity index is 1.43. The molecule has 0 bridgehead atoms. The highest BCUT2D eigenvalue weighted by molar-refractivity contribution is 5.75. The average Bonchev–Trinajstić information content (AvgIpc) is 2.77. The largest absolute Gasteiger partial charge is 0.354 e. The Hall–Kier alpha value is -2.15. The monoisotopic (exact) mass is 331 g/mol. The van der Waals surface area contributed by atoms with E-state index in [1.165, 1.54) is 47.9 Å². The van der Waals surface area contributed by atoms with E-state index in [2.05, 4.69) is 15.3 Å². The van der Waals surface area contributed by atoms with Crippen molar-refractivity contribution in [1.29, 1.82) is 0 Å². The van der Waals surface area contributed by atoms with Crippen molar-refractivity contribution in [1.82, 2.24) is 24.4 Å². The van der Waals surface area contributed by atoms with E-state index < -0.39 is 0 Å². The summed E-state index contributed by atoms with van der Waals surface area (Å²) in [5, 5.41) is 7.05. The molecule has 1 amide bonds. The Kier molecular flexibility index (Phi) is 5.63. The standard InChI is InChI=1S/C17H25N5O2/c23-16(18-9-7-12-20-10-4-1-2-5-11-20)14-22-17(24)21-13-6-3-8-15(21)19-22/h3,6,8,13H,1-2,4-5,7,9-12,14H2,(H,18,23). The third-order valence-corrected chi connectivity index (χ3v) is 4.45. The highest BCUT2D eigenvalue weighted by Gasteiger charge is 2.11. The number of rotatable bonds is 6. The van der Waals surface area contributed by atoms with Gasteiger partial charge in [-0.2, -0.15) is 0 Å². The Morgan fingerprint density at radius 1 is 1.17 bits per heavy atom. The summed E-state index contributed by atoms with van der Waals surface area (Å²) >= 11 is 0. The maximum atomic E-state index is 12.1. The van der Waals surface area contributed by atoms with E-state index in [0.717, 1.165) is 13.0 Å². The van der Waals surface area contributed by atoms with Gasteiger partial charge in [-0.15, -0.1) is 5.10 Å². The highest BCUT2D eigenvalue weighted by Crippen LogP contribution is 2.09. The molecule has 1 aliphatic heterocycles. The first kappa shape index (κ1) is 16.7. The Morgan fingerprint density at radius 2 is 1.96 bits per heavy atom. The molecule has 1 aliphatic rings. The molecule has 0 spiro atoms. The molecule has 0 saturated carbocycles. The van der Waals surface area contributed by atoms with Gasteiger partial charge in [-0.1, -0.05) is 18.9 Å². The van der Waals surface area contributed by atoms with E-state index in [0.29, 0.717) is 12.2 Å². The number of carbonyl (C=O) groups excluding carboxylic acids is 1. The lowest BCUT2D eigenvalue weighted by atomic mass is 10.2. The molecular weight excluding hydrogens is 306 g/mol. The minimum atomic E-state index is -0.287. The smallest absolute Gasteiger partial charge is 0.350 e. The van der Waals surface area contributed by atoms with Crippen LogP contribution >= 0.6 is 0 Å². The van der Waals surface area contributed by atoms with E-state index in [1.807, 2.05) is 6.07 Å². The zero-order valence-electron chi connectivity index (χ0n) is 14.0. The number of hydrogen-bond donors (Lipinski definition) is 1. The van der Waals surface area contributed by atoms with Crippen molar-refractivity contribution in [3.8, 4) is 0 Å². The number of fused-ring (bicyclic) bond motifs is 1. The Morgan fingerprint density at radius 3 is 2.71 bits per heavy atom. The van der Waals surface area contributed by atoms with Crippen LogP contribution in [0.15, 0.2) is 29.2 Å². The van der Waals surface area contributed by atoms with E-state index >= 15 is 0 Å². The lowest BCUT2D eigenvalue weighted by molar-refractivity contribution is -0.121. The van der Waals surface area contributed by atoms with E-state index in [1.54, 1.807) is 18.3 Å². The number of nitrogens with one attached hydrogen (secondary N) is 1. The molecule has 2 aromatic rings. The van der Waals surface area contributed by atoms with Gasteiger partial charge in [0.25, 0.3) is 0 Å². The average molecular weight is 331 g/mol. The molecule has 3 heterocycles. The van der Waals surface area contributed by atoms with Crippen molar-refractivity contribution >= 4 is 11.6 Å². The van der Waals surface area contributed by atoms with Gasteiger partial charge in [0.15, 0.2) is 5.65 Å². The molecule has 2 aromatic heterocycles. The van der Waals surface area contributed by atoms with Crippen molar-refractivity contribution in [2.75, 3.05) is 26.2 Å². The van der Waals surface area contributed by atoms with Gasteiger partial charge in [0.1, 0.15) is 6.54 Å². The summed E-state index contributed by atoms with van der Waals surface area (Å²) in [7, 11) is 0. The summed E-state index contributed by atoms with van der Waals surface area (Å²) in [6, 6.07) is 5.33. The number of aromatic nitrogens is 3. The van der Waals surface area contributed by atoms with Gasteiger partial charge in [0.05, 0.1) is 0 Å². The zero-order valence-corrected chi connectivity index (χ0v) is 14.0. The first-order valence-electron chi connectivity index (χ1n) is 8.77. The maximum Gasteiger partial charge on any atom is 0.350 e. The van der Waals surface area contributed by atoms with Crippen molar-refractivity contribution < 1.29 is 4.79 Å². The van der Waals surface area contributed by atoms with Crippen LogP contribution in [-0.4, -0.2) is 51.2 Å². The Bertz CT molecular complexity index is 728. The number of pyridine rings is 1. The summed E-state index contributed by atoms with van der Waals surface area (Å²) in [5.74, 6) is -0.170. The minimum Gasteiger partial charge on any atom is -0.354 e. The molecule has 1 fully saturated rings. The fourth-order valence-electron chi connectivity index (χ4n) is 3.15. The molecule has 0 aromatic carbocycles. The highest BCUT2D eigenvalue weighted by atomic mass is 16.2. The van der Waals surface area contributed by atoms with Crippen LogP contribution < -0.4 is 11.0 Å². The van der Waals surface area contributed by atoms with Gasteiger partial charge in [-0.25, -0.2) is 9.48 Å². The van der Waals surface area contributed by atoms with Gasteiger partial charge >= 0.3 is 5.69 Å². The van der Waals surface area contributed by atoms with Gasteiger partial charge in [-0.05, 0) is 51.0 Å². The first-order chi connectivity index (χ1) is 11.7. The van der Waals surface area contributed by atoms with Crippen molar-refractivity contribution in [2.45, 2.75) is 38.6 Å². The van der Waals surface area contributed by atoms with E-state index in [4.69, 9.17) is 0 Å². The van der Waals surface area contributed by atoms with Crippen LogP contribution in [0.1, 0.15) is 32.1 Å². The summed E-state index contributed by atoms with van der Waals surface area (Å²) in [4.78, 5) is 26.6. The normalized spacial score (nSPS) is 16.2. The molecule has 1 saturated heterocycles. The fraction of sp³-hybridized carbons (Fsp3) is 0.588. The van der Waals surface area contributed by atoms with Gasteiger partial charge in [0.2, 0.25) is 5.91 Å². The summed E-state index contributed by atoms with van der Waals surface area (Å²) in [6.45, 7) is 3.96. The van der Waals surface area contributed by atoms with Crippen LogP contribution in [0.3, 0.4) is 0 Å². The molecular formula is C17H25N5O2. The van der Waals surface area contributed by atoms with E-state index in [-0.39, 0.29) is 18.1 Å². The van der Waals surface area contributed by atoms with Crippen LogP contribution in [0, 0.1) is 0 Å². The molecule has 24 heavy (non-hydrogen) atoms. The minimum absolute atomic E-state index is 0.0375. The number of likely N-dealkylation sites (tertiary alicyclic amines) is 1. The predicted octanol–water partition coefficient (Wildman–Crippen LogP) is 0.878. The molecule has 0 aliphatic carbocycles. The van der Waals surface area contributed by atoms with Gasteiger partial charge in [-0.3, -0.25) is 9.20 Å². The molecule has 7 heteroatoms. The van der Waals surface area contributed by atoms with Crippen LogP contribution in [0.5, 0.6) is 0 Å². The quantitative estimate of drug-likeness (QED) is 0.798. The molecule has 7 nitrogen and oxygen atoms in total. The molecule has 3 rings (SSSR count). The lowest BCUT2D eigenvalue weighted by Crippen LogP contribution is -2.34. The van der Waals surface area contributed by atoms with Crippen LogP contribution in [0.4, 0.5) is 0 Å². The molecule has 1 N–H and O–H groups in total. The van der Waals surface area contributed by atoms with Crippen LogP contribution in [0.2, 0.25) is 0 Å². The SMILES string of the molecule is O=C(Cn1nc2ccccn2c1=O)NCCCN1CCCCCC1. The van der Waals surface area contributed by atoms with Crippen LogP contribution in [-0.2, 0) is 11.3 Å². The Labute approximate surface area is 141 Å². The second kappa shape index (κ2) is 8.10. The number of amides is 1. The molecule has 0 unspecified atom stereocenters. The second-order valence-corrected chi connectivity index (χ2v) is 6.33. The first-order valence-corrected chi connectivity index (χ1v) is 8.77. The number of carbonyl (C=O) groups is 1. The van der Waals surface area contributed by atoms with Gasteiger partial charge in [0, 0.05) is 12.7 Å². The zero-order chi connectivity index (χ0) is 16.8. The topological polar surface area (TPSA) is 71.6 Å². The third-order valence-electron chi connectivity index (χ3n) is 4.45. The fourth-order valence-corrected chi connectivity index (χ4v) is 3.15. The van der Waals surface area contributed by atoms with Crippen molar-refractivity contribution in [3.05, 3.63) is 34.9 Å². The van der Waals surface area contributed by atoms with Gasteiger partial charge < -0.3 is 10.2 Å². The lowest BCUT2D eigenvalue weighted by Gasteiger charge is -2.19. The van der Waals surface area contributed by atoms with Crippen molar-refractivity contribution in [2.24, 2.45) is 0 Å². The molecule has 0 radical (unpaired) electrons. The third kappa shape index (κ3) is 4.23. The predicted molar refractivity (Wildman–Crippen MR) is 92.0 cm³/mol. The number of hydrogen-bond acceptors (Lipinski definition) is 4. The van der Waals surface area contributed by atoms with Crippen LogP contribution in [0.25, 0.3) is 5.65 Å². The van der Waals surface area contributed by atoms with E-state index in [9.17, 15) is 9.59 Å². The van der Waals surface area contributed by atoms with Crippen molar-refractivity contribution in [3.63, 3.8) is 0 Å². The molecule has 0 atom stereocenters.